The predicted molar refractivity (Wildman–Crippen MR) is 99.3 cm³/mol. The molecule has 2 aromatic carbocycles. The Kier molecular flexibility index (Phi) is 4.15. The normalized spacial score (nSPS) is 13.0. The number of para-hydroxylation sites is 1. The molecule has 25 heavy (non-hydrogen) atoms. The van der Waals surface area contributed by atoms with E-state index in [2.05, 4.69) is 9.97 Å². The zero-order valence-corrected chi connectivity index (χ0v) is 14.6. The monoisotopic (exact) mass is 369 g/mol. The largest absolute Gasteiger partial charge is 0.306 e. The van der Waals surface area contributed by atoms with Gasteiger partial charge in [-0.05, 0) is 36.2 Å². The molecule has 1 aliphatic heterocycles. The highest BCUT2D eigenvalue weighted by atomic mass is 35.5. The van der Waals surface area contributed by atoms with Gasteiger partial charge >= 0.3 is 0 Å². The minimum atomic E-state index is -0.131. The van der Waals surface area contributed by atoms with Crippen LogP contribution in [0.5, 0.6) is 0 Å². The predicted octanol–water partition coefficient (Wildman–Crippen LogP) is 4.65. The van der Waals surface area contributed by atoms with Crippen LogP contribution in [-0.4, -0.2) is 22.4 Å². The Morgan fingerprint density at radius 1 is 1.00 bits per heavy atom. The van der Waals surface area contributed by atoms with Gasteiger partial charge in [-0.15, -0.1) is 0 Å². The highest BCUT2D eigenvalue weighted by Crippen LogP contribution is 2.30. The van der Waals surface area contributed by atoms with Crippen LogP contribution in [-0.2, 0) is 6.42 Å². The standard InChI is InChI=1S/C19H13Cl2N3O/c20-14-6-5-13(9-15(14)21)16-10-17(23-11-22-16)19(25)24-8-7-12-3-1-2-4-18(12)24/h1-6,9-11H,7-8H2. The third kappa shape index (κ3) is 2.99. The number of hydrogen-bond acceptors (Lipinski definition) is 3. The maximum Gasteiger partial charge on any atom is 0.277 e. The minimum Gasteiger partial charge on any atom is -0.306 e. The Balaban J connectivity index is 1.68. The Hall–Kier alpha value is -2.43. The SMILES string of the molecule is O=C(c1cc(-c2ccc(Cl)c(Cl)c2)ncn1)N1CCc2ccccc21. The number of hydrogen-bond donors (Lipinski definition) is 0. The van der Waals surface area contributed by atoms with E-state index in [-0.39, 0.29) is 5.91 Å². The maximum atomic E-state index is 12.9. The number of nitrogens with zero attached hydrogens (tertiary/aromatic N) is 3. The van der Waals surface area contributed by atoms with E-state index in [1.54, 1.807) is 23.1 Å². The first kappa shape index (κ1) is 16.1. The number of carbonyl (C=O) groups is 1. The van der Waals surface area contributed by atoms with Crippen molar-refractivity contribution in [2.45, 2.75) is 6.42 Å². The molecule has 0 bridgehead atoms. The zero-order chi connectivity index (χ0) is 17.4. The Bertz CT molecular complexity index is 974. The van der Waals surface area contributed by atoms with Crippen molar-refractivity contribution < 1.29 is 4.79 Å². The van der Waals surface area contributed by atoms with Crippen LogP contribution in [0.4, 0.5) is 5.69 Å². The van der Waals surface area contributed by atoms with E-state index in [4.69, 9.17) is 23.2 Å². The van der Waals surface area contributed by atoms with Crippen LogP contribution in [0.1, 0.15) is 16.1 Å². The highest BCUT2D eigenvalue weighted by molar-refractivity contribution is 6.42. The molecule has 124 valence electrons. The lowest BCUT2D eigenvalue weighted by molar-refractivity contribution is 0.0984. The molecule has 3 aromatic rings. The molecular formula is C19H13Cl2N3O. The number of benzene rings is 2. The first-order valence-corrected chi connectivity index (χ1v) is 8.56. The number of anilines is 1. The van der Waals surface area contributed by atoms with Crippen LogP contribution in [0.25, 0.3) is 11.3 Å². The molecule has 1 amide bonds. The molecule has 0 unspecified atom stereocenters. The molecule has 6 heteroatoms. The molecule has 0 saturated heterocycles. The molecule has 0 saturated carbocycles. The van der Waals surface area contributed by atoms with E-state index in [0.29, 0.717) is 28.0 Å². The molecule has 0 spiro atoms. The van der Waals surface area contributed by atoms with Gasteiger partial charge in [0.1, 0.15) is 12.0 Å². The van der Waals surface area contributed by atoms with Crippen molar-refractivity contribution in [1.82, 2.24) is 9.97 Å². The number of amides is 1. The average molecular weight is 370 g/mol. The third-order valence-corrected chi connectivity index (χ3v) is 4.97. The number of carbonyl (C=O) groups excluding carboxylic acids is 1. The van der Waals surface area contributed by atoms with Gasteiger partial charge in [0.2, 0.25) is 0 Å². The summed E-state index contributed by atoms with van der Waals surface area (Å²) in [7, 11) is 0. The Morgan fingerprint density at radius 2 is 1.84 bits per heavy atom. The van der Waals surface area contributed by atoms with Gasteiger partial charge in [0.05, 0.1) is 15.7 Å². The van der Waals surface area contributed by atoms with Crippen molar-refractivity contribution in [2.75, 3.05) is 11.4 Å². The zero-order valence-electron chi connectivity index (χ0n) is 13.1. The van der Waals surface area contributed by atoms with E-state index >= 15 is 0 Å². The summed E-state index contributed by atoms with van der Waals surface area (Å²) in [4.78, 5) is 23.1. The van der Waals surface area contributed by atoms with Crippen LogP contribution in [0.2, 0.25) is 10.0 Å². The molecule has 1 aliphatic rings. The van der Waals surface area contributed by atoms with E-state index in [0.717, 1.165) is 17.7 Å². The van der Waals surface area contributed by atoms with Crippen molar-refractivity contribution >= 4 is 34.8 Å². The van der Waals surface area contributed by atoms with Crippen LogP contribution in [0, 0.1) is 0 Å². The van der Waals surface area contributed by atoms with Crippen LogP contribution in [0.3, 0.4) is 0 Å². The lowest BCUT2D eigenvalue weighted by Gasteiger charge is -2.17. The fourth-order valence-corrected chi connectivity index (χ4v) is 3.27. The summed E-state index contributed by atoms with van der Waals surface area (Å²) < 4.78 is 0. The van der Waals surface area contributed by atoms with Crippen molar-refractivity contribution in [3.63, 3.8) is 0 Å². The molecule has 1 aromatic heterocycles. The molecule has 0 N–H and O–H groups in total. The summed E-state index contributed by atoms with van der Waals surface area (Å²) in [6.45, 7) is 0.657. The molecule has 0 aliphatic carbocycles. The van der Waals surface area contributed by atoms with Gasteiger partial charge in [0.15, 0.2) is 0 Å². The van der Waals surface area contributed by atoms with Gasteiger partial charge in [-0.1, -0.05) is 47.5 Å². The number of halogens is 2. The second-order valence-corrected chi connectivity index (χ2v) is 6.57. The highest BCUT2D eigenvalue weighted by Gasteiger charge is 2.26. The van der Waals surface area contributed by atoms with Crippen molar-refractivity contribution in [3.05, 3.63) is 76.2 Å². The average Bonchev–Trinajstić information content (AvgIpc) is 3.07. The number of fused-ring (bicyclic) bond motifs is 1. The van der Waals surface area contributed by atoms with Crippen molar-refractivity contribution in [1.29, 1.82) is 0 Å². The van der Waals surface area contributed by atoms with Gasteiger partial charge < -0.3 is 4.90 Å². The van der Waals surface area contributed by atoms with Gasteiger partial charge in [-0.2, -0.15) is 0 Å². The van der Waals surface area contributed by atoms with Crippen LogP contribution < -0.4 is 4.90 Å². The molecule has 0 radical (unpaired) electrons. The lowest BCUT2D eigenvalue weighted by Crippen LogP contribution is -2.29. The van der Waals surface area contributed by atoms with E-state index in [1.165, 1.54) is 11.9 Å². The van der Waals surface area contributed by atoms with E-state index < -0.39 is 0 Å². The van der Waals surface area contributed by atoms with Gasteiger partial charge in [-0.25, -0.2) is 9.97 Å². The molecule has 4 rings (SSSR count). The first-order valence-electron chi connectivity index (χ1n) is 7.81. The minimum absolute atomic E-state index is 0.131. The molecule has 0 atom stereocenters. The smallest absolute Gasteiger partial charge is 0.277 e. The number of aromatic nitrogens is 2. The summed E-state index contributed by atoms with van der Waals surface area (Å²) >= 11 is 12.0. The van der Waals surface area contributed by atoms with Gasteiger partial charge in [0.25, 0.3) is 5.91 Å². The number of rotatable bonds is 2. The van der Waals surface area contributed by atoms with Gasteiger partial charge in [0, 0.05) is 17.8 Å². The fourth-order valence-electron chi connectivity index (χ4n) is 2.98. The maximum absolute atomic E-state index is 12.9. The summed E-state index contributed by atoms with van der Waals surface area (Å²) in [6, 6.07) is 14.9. The van der Waals surface area contributed by atoms with Crippen molar-refractivity contribution in [2.24, 2.45) is 0 Å². The summed E-state index contributed by atoms with van der Waals surface area (Å²) in [5.41, 5.74) is 3.89. The van der Waals surface area contributed by atoms with Crippen molar-refractivity contribution in [3.8, 4) is 11.3 Å². The van der Waals surface area contributed by atoms with E-state index in [1.807, 2.05) is 30.3 Å². The lowest BCUT2D eigenvalue weighted by atomic mass is 10.1. The summed E-state index contributed by atoms with van der Waals surface area (Å²) in [5.74, 6) is -0.131. The van der Waals surface area contributed by atoms with E-state index in [9.17, 15) is 4.79 Å². The molecule has 4 nitrogen and oxygen atoms in total. The Morgan fingerprint density at radius 3 is 2.68 bits per heavy atom. The molecular weight excluding hydrogens is 357 g/mol. The topological polar surface area (TPSA) is 46.1 Å². The fraction of sp³-hybridized carbons (Fsp3) is 0.105. The quantitative estimate of drug-likeness (QED) is 0.660. The molecule has 2 heterocycles. The van der Waals surface area contributed by atoms with Gasteiger partial charge in [-0.3, -0.25) is 4.79 Å². The summed E-state index contributed by atoms with van der Waals surface area (Å²) in [5, 5.41) is 0.920. The second-order valence-electron chi connectivity index (χ2n) is 5.75. The summed E-state index contributed by atoms with van der Waals surface area (Å²) in [6.07, 6.45) is 2.25. The Labute approximate surface area is 155 Å². The van der Waals surface area contributed by atoms with Crippen LogP contribution in [0.15, 0.2) is 54.9 Å². The third-order valence-electron chi connectivity index (χ3n) is 4.23. The second kappa shape index (κ2) is 6.47. The van der Waals surface area contributed by atoms with Crippen LogP contribution >= 0.6 is 23.2 Å². The first-order chi connectivity index (χ1) is 12.1. The molecule has 0 fully saturated rings.